The van der Waals surface area contributed by atoms with E-state index in [0.717, 1.165) is 24.7 Å². The molecule has 5 aliphatic rings. The first-order valence-corrected chi connectivity index (χ1v) is 14.0. The molecule has 0 aromatic carbocycles. The van der Waals surface area contributed by atoms with Gasteiger partial charge in [-0.3, -0.25) is 4.79 Å². The number of fused-ring (bicyclic) bond motifs is 5. The molecule has 0 aromatic heterocycles. The lowest BCUT2D eigenvalue weighted by Crippen LogP contribution is -2.64. The molecule has 0 aromatic rings. The lowest BCUT2D eigenvalue weighted by atomic mass is 9.43. The molecule has 0 heterocycles. The summed E-state index contributed by atoms with van der Waals surface area (Å²) in [4.78, 5) is 12.9. The van der Waals surface area contributed by atoms with Crippen LogP contribution < -0.4 is 5.32 Å². The molecule has 0 aliphatic heterocycles. The SMILES string of the molecule is COC(=O)C1C[C@@]2(C)C(CC[C@@H]3[C@H]2C(NC2CCCCC2)C[C@]2(C)CCC[C@@H]32)CC1OCO. The van der Waals surface area contributed by atoms with Crippen molar-refractivity contribution in [3.63, 3.8) is 0 Å². The number of hydrogen-bond donors (Lipinski definition) is 2. The molecule has 5 fully saturated rings. The number of esters is 1. The van der Waals surface area contributed by atoms with Gasteiger partial charge in [0.05, 0.1) is 19.1 Å². The first-order chi connectivity index (χ1) is 15.9. The Labute approximate surface area is 200 Å². The van der Waals surface area contributed by atoms with Crippen LogP contribution >= 0.6 is 0 Å². The minimum Gasteiger partial charge on any atom is -0.469 e. The fourth-order valence-corrected chi connectivity index (χ4v) is 9.89. The van der Waals surface area contributed by atoms with Crippen LogP contribution in [0.5, 0.6) is 0 Å². The zero-order chi connectivity index (χ0) is 23.2. The van der Waals surface area contributed by atoms with Crippen LogP contribution in [0.2, 0.25) is 0 Å². The second kappa shape index (κ2) is 9.43. The summed E-state index contributed by atoms with van der Waals surface area (Å²) in [7, 11) is 1.49. The van der Waals surface area contributed by atoms with Gasteiger partial charge >= 0.3 is 5.97 Å². The minimum absolute atomic E-state index is 0.118. The number of rotatable bonds is 5. The topological polar surface area (TPSA) is 67.8 Å². The molecule has 0 amide bonds. The van der Waals surface area contributed by atoms with Crippen LogP contribution in [0, 0.1) is 40.4 Å². The molecule has 0 saturated heterocycles. The molecule has 188 valence electrons. The van der Waals surface area contributed by atoms with Crippen molar-refractivity contribution in [3.05, 3.63) is 0 Å². The highest BCUT2D eigenvalue weighted by Crippen LogP contribution is 2.67. The molecule has 0 bridgehead atoms. The summed E-state index contributed by atoms with van der Waals surface area (Å²) >= 11 is 0. The lowest BCUT2D eigenvalue weighted by Gasteiger charge is -2.64. The Morgan fingerprint density at radius 2 is 1.82 bits per heavy atom. The van der Waals surface area contributed by atoms with Crippen LogP contribution in [-0.2, 0) is 14.3 Å². The zero-order valence-electron chi connectivity index (χ0n) is 21.2. The Bertz CT molecular complexity index is 708. The molecule has 9 atom stereocenters. The van der Waals surface area contributed by atoms with Crippen LogP contribution in [0.3, 0.4) is 0 Å². The van der Waals surface area contributed by atoms with Crippen molar-refractivity contribution < 1.29 is 19.4 Å². The smallest absolute Gasteiger partial charge is 0.311 e. The third-order valence-corrected chi connectivity index (χ3v) is 11.3. The molecule has 2 N–H and O–H groups in total. The van der Waals surface area contributed by atoms with E-state index in [9.17, 15) is 9.90 Å². The fourth-order valence-electron chi connectivity index (χ4n) is 9.89. The summed E-state index contributed by atoms with van der Waals surface area (Å²) in [5.41, 5.74) is 0.600. The molecule has 4 unspecified atom stereocenters. The van der Waals surface area contributed by atoms with E-state index in [1.54, 1.807) is 0 Å². The van der Waals surface area contributed by atoms with Gasteiger partial charge in [-0.1, -0.05) is 39.5 Å². The molecule has 5 heteroatoms. The average Bonchev–Trinajstić information content (AvgIpc) is 3.20. The highest BCUT2D eigenvalue weighted by molar-refractivity contribution is 5.73. The Hall–Kier alpha value is -0.650. The second-order valence-electron chi connectivity index (χ2n) is 12.8. The Balaban J connectivity index is 1.47. The number of methoxy groups -OCH3 is 1. The number of ether oxygens (including phenoxy) is 2. The summed E-state index contributed by atoms with van der Waals surface area (Å²) in [5, 5.41) is 13.8. The predicted octanol–water partition coefficient (Wildman–Crippen LogP) is 5.05. The quantitative estimate of drug-likeness (QED) is 0.443. The van der Waals surface area contributed by atoms with Gasteiger partial charge in [0.15, 0.2) is 0 Å². The van der Waals surface area contributed by atoms with Crippen molar-refractivity contribution in [2.24, 2.45) is 40.4 Å². The highest BCUT2D eigenvalue weighted by atomic mass is 16.6. The van der Waals surface area contributed by atoms with Crippen molar-refractivity contribution >= 4 is 5.97 Å². The summed E-state index contributed by atoms with van der Waals surface area (Å²) in [6, 6.07) is 1.22. The molecule has 0 radical (unpaired) electrons. The predicted molar refractivity (Wildman–Crippen MR) is 128 cm³/mol. The Morgan fingerprint density at radius 3 is 2.55 bits per heavy atom. The molecule has 5 saturated carbocycles. The molecule has 33 heavy (non-hydrogen) atoms. The van der Waals surface area contributed by atoms with Crippen LogP contribution in [0.4, 0.5) is 0 Å². The summed E-state index contributed by atoms with van der Waals surface area (Å²) in [5.74, 6) is 2.35. The van der Waals surface area contributed by atoms with E-state index >= 15 is 0 Å². The summed E-state index contributed by atoms with van der Waals surface area (Å²) < 4.78 is 11.0. The van der Waals surface area contributed by atoms with Gasteiger partial charge in [0.1, 0.15) is 6.79 Å². The minimum atomic E-state index is -0.320. The van der Waals surface area contributed by atoms with E-state index in [1.807, 2.05) is 0 Å². The van der Waals surface area contributed by atoms with Crippen molar-refractivity contribution in [2.45, 2.75) is 116 Å². The molecular formula is C28H47NO4. The molecule has 5 aliphatic carbocycles. The maximum atomic E-state index is 12.9. The van der Waals surface area contributed by atoms with E-state index in [2.05, 4.69) is 19.2 Å². The molecule has 0 spiro atoms. The molecule has 5 nitrogen and oxygen atoms in total. The van der Waals surface area contributed by atoms with Gasteiger partial charge < -0.3 is 19.9 Å². The van der Waals surface area contributed by atoms with Gasteiger partial charge in [0.2, 0.25) is 0 Å². The second-order valence-corrected chi connectivity index (χ2v) is 12.8. The Morgan fingerprint density at radius 1 is 1.03 bits per heavy atom. The van der Waals surface area contributed by atoms with Crippen LogP contribution in [0.1, 0.15) is 97.3 Å². The standard InChI is InChI=1S/C28H47NO4/c1-27-13-7-10-22(27)20-12-11-18-14-24(33-17-30)21(26(31)32-3)15-28(18,2)25(20)23(16-27)29-19-8-5-4-6-9-19/h18-25,29-30H,4-17H2,1-3H3/t18?,20-,21?,22-,23?,24?,25-,27-,28-/m0/s1. The number of hydrogen-bond acceptors (Lipinski definition) is 5. The maximum absolute atomic E-state index is 12.9. The van der Waals surface area contributed by atoms with Crippen LogP contribution in [-0.4, -0.2) is 43.2 Å². The van der Waals surface area contributed by atoms with Gasteiger partial charge in [-0.2, -0.15) is 0 Å². The van der Waals surface area contributed by atoms with Gasteiger partial charge in [-0.15, -0.1) is 0 Å². The first-order valence-electron chi connectivity index (χ1n) is 14.0. The van der Waals surface area contributed by atoms with Crippen molar-refractivity contribution in [2.75, 3.05) is 13.9 Å². The normalized spacial score (nSPS) is 47.9. The van der Waals surface area contributed by atoms with E-state index < -0.39 is 0 Å². The van der Waals surface area contributed by atoms with Crippen molar-refractivity contribution in [1.82, 2.24) is 5.32 Å². The maximum Gasteiger partial charge on any atom is 0.311 e. The number of carbonyl (C=O) groups is 1. The first kappa shape index (κ1) is 24.1. The van der Waals surface area contributed by atoms with Gasteiger partial charge in [-0.05, 0) is 92.3 Å². The highest BCUT2D eigenvalue weighted by Gasteiger charge is 2.63. The van der Waals surface area contributed by atoms with Gasteiger partial charge in [-0.25, -0.2) is 0 Å². The van der Waals surface area contributed by atoms with Crippen molar-refractivity contribution in [1.29, 1.82) is 0 Å². The summed E-state index contributed by atoms with van der Waals surface area (Å²) in [6.45, 7) is 4.78. The van der Waals surface area contributed by atoms with E-state index in [-0.39, 0.29) is 30.2 Å². The fraction of sp³-hybridized carbons (Fsp3) is 0.964. The Kier molecular flexibility index (Phi) is 6.87. The van der Waals surface area contributed by atoms with E-state index in [4.69, 9.17) is 9.47 Å². The third kappa shape index (κ3) is 4.18. The number of aliphatic hydroxyl groups excluding tert-OH is 1. The largest absolute Gasteiger partial charge is 0.469 e. The monoisotopic (exact) mass is 461 g/mol. The number of aliphatic hydroxyl groups is 1. The number of carbonyl (C=O) groups excluding carboxylic acids is 1. The van der Waals surface area contributed by atoms with E-state index in [0.29, 0.717) is 29.3 Å². The molecule has 5 rings (SSSR count). The average molecular weight is 462 g/mol. The third-order valence-electron chi connectivity index (χ3n) is 11.3. The number of nitrogens with one attached hydrogen (secondary N) is 1. The summed E-state index contributed by atoms with van der Waals surface area (Å²) in [6.07, 6.45) is 16.3. The molecular weight excluding hydrogens is 414 g/mol. The van der Waals surface area contributed by atoms with Gasteiger partial charge in [0.25, 0.3) is 0 Å². The van der Waals surface area contributed by atoms with Crippen LogP contribution in [0.25, 0.3) is 0 Å². The van der Waals surface area contributed by atoms with Gasteiger partial charge in [0, 0.05) is 12.1 Å². The van der Waals surface area contributed by atoms with Crippen molar-refractivity contribution in [3.8, 4) is 0 Å². The zero-order valence-corrected chi connectivity index (χ0v) is 21.2. The van der Waals surface area contributed by atoms with E-state index in [1.165, 1.54) is 77.7 Å². The van der Waals surface area contributed by atoms with Crippen LogP contribution in [0.15, 0.2) is 0 Å². The lowest BCUT2D eigenvalue weighted by molar-refractivity contribution is -0.189.